The fourth-order valence-corrected chi connectivity index (χ4v) is 3.12. The molecule has 0 aromatic carbocycles. The van der Waals surface area contributed by atoms with Crippen molar-refractivity contribution < 1.29 is 0 Å². The van der Waals surface area contributed by atoms with Gasteiger partial charge >= 0.3 is 0 Å². The highest BCUT2D eigenvalue weighted by molar-refractivity contribution is 5.36. The molecule has 1 aliphatic rings. The normalized spacial score (nSPS) is 15.9. The van der Waals surface area contributed by atoms with Gasteiger partial charge < -0.3 is 4.90 Å². The van der Waals surface area contributed by atoms with Gasteiger partial charge in [0.25, 0.3) is 5.56 Å². The molecule has 24 heavy (non-hydrogen) atoms. The quantitative estimate of drug-likeness (QED) is 0.863. The predicted molar refractivity (Wildman–Crippen MR) is 94.3 cm³/mol. The molecule has 0 spiro atoms. The van der Waals surface area contributed by atoms with Crippen LogP contribution in [0.15, 0.2) is 29.6 Å². The molecule has 0 aliphatic carbocycles. The number of aryl methyl sites for hydroxylation is 1. The molecule has 3 rings (SSSR count). The van der Waals surface area contributed by atoms with Crippen molar-refractivity contribution in [2.75, 3.05) is 18.0 Å². The van der Waals surface area contributed by atoms with E-state index >= 15 is 0 Å². The van der Waals surface area contributed by atoms with Gasteiger partial charge in [-0.1, -0.05) is 13.8 Å². The molecule has 6 nitrogen and oxygen atoms in total. The molecule has 3 heterocycles. The second-order valence-electron chi connectivity index (χ2n) is 6.91. The zero-order valence-corrected chi connectivity index (χ0v) is 14.6. The SMILES string of the molecule is Cc1cncc(N2CCC(Cn3cnc(C(C)C)cc3=O)CC2)n1. The summed E-state index contributed by atoms with van der Waals surface area (Å²) in [6, 6.07) is 1.67. The first-order chi connectivity index (χ1) is 11.5. The molecule has 1 aliphatic heterocycles. The monoisotopic (exact) mass is 327 g/mol. The summed E-state index contributed by atoms with van der Waals surface area (Å²) < 4.78 is 1.75. The van der Waals surface area contributed by atoms with Gasteiger partial charge in [-0.25, -0.2) is 9.97 Å². The fourth-order valence-electron chi connectivity index (χ4n) is 3.12. The molecule has 128 valence electrons. The first-order valence-corrected chi connectivity index (χ1v) is 8.63. The van der Waals surface area contributed by atoms with Crippen molar-refractivity contribution >= 4 is 5.82 Å². The maximum absolute atomic E-state index is 12.2. The number of piperidine rings is 1. The van der Waals surface area contributed by atoms with Crippen LogP contribution in [0.2, 0.25) is 0 Å². The number of anilines is 1. The maximum atomic E-state index is 12.2. The highest BCUT2D eigenvalue weighted by Crippen LogP contribution is 2.22. The Balaban J connectivity index is 1.60. The lowest BCUT2D eigenvalue weighted by molar-refractivity contribution is 0.349. The Morgan fingerprint density at radius 1 is 1.25 bits per heavy atom. The Bertz CT molecular complexity index is 747. The van der Waals surface area contributed by atoms with Crippen molar-refractivity contribution in [3.05, 3.63) is 46.5 Å². The standard InChI is InChI=1S/C18H25N5O/c1-13(2)16-8-18(24)23(12-20-16)11-15-4-6-22(7-5-15)17-10-19-9-14(3)21-17/h8-10,12-13,15H,4-7,11H2,1-3H3. The largest absolute Gasteiger partial charge is 0.355 e. The summed E-state index contributed by atoms with van der Waals surface area (Å²) in [6.45, 7) is 8.72. The van der Waals surface area contributed by atoms with Gasteiger partial charge in [-0.15, -0.1) is 0 Å². The van der Waals surface area contributed by atoms with Gasteiger partial charge in [0.15, 0.2) is 0 Å². The van der Waals surface area contributed by atoms with Gasteiger partial charge in [-0.05, 0) is 31.6 Å². The molecule has 0 atom stereocenters. The van der Waals surface area contributed by atoms with Gasteiger partial charge in [0.1, 0.15) is 5.82 Å². The van der Waals surface area contributed by atoms with E-state index in [-0.39, 0.29) is 11.5 Å². The minimum absolute atomic E-state index is 0.0562. The van der Waals surface area contributed by atoms with E-state index in [9.17, 15) is 4.79 Å². The Morgan fingerprint density at radius 3 is 2.62 bits per heavy atom. The molecule has 2 aromatic heterocycles. The summed E-state index contributed by atoms with van der Waals surface area (Å²) in [6.07, 6.45) is 7.40. The van der Waals surface area contributed by atoms with Gasteiger partial charge in [0.2, 0.25) is 0 Å². The molecular weight excluding hydrogens is 302 g/mol. The van der Waals surface area contributed by atoms with Crippen LogP contribution in [0.4, 0.5) is 5.82 Å². The number of aromatic nitrogens is 4. The van der Waals surface area contributed by atoms with Crippen molar-refractivity contribution in [3.8, 4) is 0 Å². The highest BCUT2D eigenvalue weighted by Gasteiger charge is 2.21. The summed E-state index contributed by atoms with van der Waals surface area (Å²) in [5, 5.41) is 0. The van der Waals surface area contributed by atoms with Crippen molar-refractivity contribution in [3.63, 3.8) is 0 Å². The average Bonchev–Trinajstić information content (AvgIpc) is 2.57. The van der Waals surface area contributed by atoms with E-state index in [2.05, 4.69) is 33.7 Å². The van der Waals surface area contributed by atoms with Crippen LogP contribution in [0.3, 0.4) is 0 Å². The number of hydrogen-bond acceptors (Lipinski definition) is 5. The van der Waals surface area contributed by atoms with Gasteiger partial charge in [0, 0.05) is 31.9 Å². The maximum Gasteiger partial charge on any atom is 0.253 e. The van der Waals surface area contributed by atoms with Crippen LogP contribution in [-0.2, 0) is 6.54 Å². The van der Waals surface area contributed by atoms with Crippen molar-refractivity contribution in [2.24, 2.45) is 5.92 Å². The topological polar surface area (TPSA) is 63.9 Å². The van der Waals surface area contributed by atoms with Crippen molar-refractivity contribution in [1.29, 1.82) is 0 Å². The second-order valence-corrected chi connectivity index (χ2v) is 6.91. The first kappa shape index (κ1) is 16.6. The Morgan fingerprint density at radius 2 is 2.00 bits per heavy atom. The van der Waals surface area contributed by atoms with Crippen LogP contribution < -0.4 is 10.5 Å². The van der Waals surface area contributed by atoms with Crippen molar-refractivity contribution in [2.45, 2.75) is 46.1 Å². The molecule has 6 heteroatoms. The summed E-state index contributed by atoms with van der Waals surface area (Å²) in [5.41, 5.74) is 1.86. The summed E-state index contributed by atoms with van der Waals surface area (Å²) in [4.78, 5) is 27.7. The Labute approximate surface area is 142 Å². The average molecular weight is 327 g/mol. The van der Waals surface area contributed by atoms with Crippen molar-refractivity contribution in [1.82, 2.24) is 19.5 Å². The lowest BCUT2D eigenvalue weighted by Crippen LogP contribution is -2.37. The van der Waals surface area contributed by atoms with Crippen LogP contribution in [0, 0.1) is 12.8 Å². The molecule has 0 unspecified atom stereocenters. The molecule has 0 saturated carbocycles. The predicted octanol–water partition coefficient (Wildman–Crippen LogP) is 2.38. The molecule has 1 fully saturated rings. The second kappa shape index (κ2) is 7.11. The minimum atomic E-state index is 0.0562. The third kappa shape index (κ3) is 3.80. The van der Waals surface area contributed by atoms with Crippen LogP contribution in [0.25, 0.3) is 0 Å². The van der Waals surface area contributed by atoms with E-state index < -0.39 is 0 Å². The van der Waals surface area contributed by atoms with E-state index in [0.29, 0.717) is 5.92 Å². The fraction of sp³-hybridized carbons (Fsp3) is 0.556. The molecular formula is C18H25N5O. The molecule has 0 radical (unpaired) electrons. The molecule has 2 aromatic rings. The van der Waals surface area contributed by atoms with E-state index in [1.54, 1.807) is 23.2 Å². The zero-order chi connectivity index (χ0) is 17.1. The Kier molecular flexibility index (Phi) is 4.92. The van der Waals surface area contributed by atoms with E-state index in [4.69, 9.17) is 0 Å². The number of nitrogens with zero attached hydrogens (tertiary/aromatic N) is 5. The molecule has 0 N–H and O–H groups in total. The lowest BCUT2D eigenvalue weighted by atomic mass is 9.96. The summed E-state index contributed by atoms with van der Waals surface area (Å²) in [7, 11) is 0. The van der Waals surface area contributed by atoms with Crippen LogP contribution in [-0.4, -0.2) is 32.6 Å². The smallest absolute Gasteiger partial charge is 0.253 e. The van der Waals surface area contributed by atoms with Crippen LogP contribution >= 0.6 is 0 Å². The van der Waals surface area contributed by atoms with Crippen LogP contribution in [0.1, 0.15) is 44.0 Å². The third-order valence-corrected chi connectivity index (χ3v) is 4.63. The Hall–Kier alpha value is -2.24. The third-order valence-electron chi connectivity index (χ3n) is 4.63. The zero-order valence-electron chi connectivity index (χ0n) is 14.6. The van der Waals surface area contributed by atoms with E-state index in [1.807, 2.05) is 13.1 Å². The summed E-state index contributed by atoms with van der Waals surface area (Å²) in [5.74, 6) is 1.74. The molecule has 0 bridgehead atoms. The van der Waals surface area contributed by atoms with Gasteiger partial charge in [-0.3, -0.25) is 14.3 Å². The summed E-state index contributed by atoms with van der Waals surface area (Å²) >= 11 is 0. The lowest BCUT2D eigenvalue weighted by Gasteiger charge is -2.32. The minimum Gasteiger partial charge on any atom is -0.355 e. The first-order valence-electron chi connectivity index (χ1n) is 8.63. The van der Waals surface area contributed by atoms with Gasteiger partial charge in [0.05, 0.1) is 23.9 Å². The molecule has 0 amide bonds. The van der Waals surface area contributed by atoms with E-state index in [1.165, 1.54) is 0 Å². The van der Waals surface area contributed by atoms with Crippen LogP contribution in [0.5, 0.6) is 0 Å². The van der Waals surface area contributed by atoms with Gasteiger partial charge in [-0.2, -0.15) is 0 Å². The van der Waals surface area contributed by atoms with E-state index in [0.717, 1.165) is 49.7 Å². The number of rotatable bonds is 4. The highest BCUT2D eigenvalue weighted by atomic mass is 16.1. The molecule has 1 saturated heterocycles. The number of hydrogen-bond donors (Lipinski definition) is 0.